The standard InChI is InChI=1S/C24H24FN5O2/c1-32-16-8-9-19(20(25)13-16)24-23-18(17-5-2-3-6-21(17)28-23)10-12-30(24)22(31)7-4-11-29-15-26-14-27-29/h2-3,5-6,8-9,13-15,24,28H,4,7,10-12H2,1H3. The van der Waals surface area contributed by atoms with Gasteiger partial charge in [0.2, 0.25) is 5.91 Å². The number of fused-ring (bicyclic) bond motifs is 3. The van der Waals surface area contributed by atoms with Crippen molar-refractivity contribution in [1.82, 2.24) is 24.6 Å². The van der Waals surface area contributed by atoms with Crippen molar-refractivity contribution in [1.29, 1.82) is 0 Å². The number of aromatic nitrogens is 4. The van der Waals surface area contributed by atoms with Gasteiger partial charge in [0.25, 0.3) is 0 Å². The zero-order valence-corrected chi connectivity index (χ0v) is 17.8. The number of halogens is 1. The van der Waals surface area contributed by atoms with E-state index in [9.17, 15) is 4.79 Å². The number of aromatic amines is 1. The molecule has 2 aromatic carbocycles. The third-order valence-corrected chi connectivity index (χ3v) is 6.10. The molecule has 1 N–H and O–H groups in total. The Labute approximate surface area is 184 Å². The van der Waals surface area contributed by atoms with Gasteiger partial charge in [-0.25, -0.2) is 9.37 Å². The fraction of sp³-hybridized carbons (Fsp3) is 0.292. The van der Waals surface area contributed by atoms with Crippen LogP contribution in [0, 0.1) is 5.82 Å². The molecule has 3 heterocycles. The number of hydrogen-bond acceptors (Lipinski definition) is 4. The summed E-state index contributed by atoms with van der Waals surface area (Å²) < 4.78 is 22.1. The quantitative estimate of drug-likeness (QED) is 0.501. The first-order valence-electron chi connectivity index (χ1n) is 10.7. The van der Waals surface area contributed by atoms with E-state index < -0.39 is 6.04 Å². The maximum absolute atomic E-state index is 15.2. The summed E-state index contributed by atoms with van der Waals surface area (Å²) in [6.07, 6.45) is 4.83. The van der Waals surface area contributed by atoms with Gasteiger partial charge in [-0.15, -0.1) is 0 Å². The van der Waals surface area contributed by atoms with Crippen LogP contribution in [0.3, 0.4) is 0 Å². The number of nitrogens with zero attached hydrogens (tertiary/aromatic N) is 4. The van der Waals surface area contributed by atoms with Gasteiger partial charge in [-0.2, -0.15) is 5.10 Å². The van der Waals surface area contributed by atoms with E-state index in [1.54, 1.807) is 28.0 Å². The third kappa shape index (κ3) is 3.62. The highest BCUT2D eigenvalue weighted by Crippen LogP contribution is 2.40. The van der Waals surface area contributed by atoms with Crippen molar-refractivity contribution in [3.63, 3.8) is 0 Å². The van der Waals surface area contributed by atoms with Crippen LogP contribution in [-0.4, -0.2) is 44.2 Å². The summed E-state index contributed by atoms with van der Waals surface area (Å²) in [7, 11) is 1.51. The number of rotatable bonds is 6. The number of para-hydroxylation sites is 1. The molecular weight excluding hydrogens is 409 g/mol. The first-order valence-corrected chi connectivity index (χ1v) is 10.7. The van der Waals surface area contributed by atoms with Gasteiger partial charge >= 0.3 is 0 Å². The van der Waals surface area contributed by atoms with Crippen molar-refractivity contribution < 1.29 is 13.9 Å². The van der Waals surface area contributed by atoms with E-state index in [1.165, 1.54) is 19.5 Å². The van der Waals surface area contributed by atoms with E-state index in [0.717, 1.165) is 28.6 Å². The lowest BCUT2D eigenvalue weighted by molar-refractivity contribution is -0.133. The number of benzene rings is 2. The maximum Gasteiger partial charge on any atom is 0.223 e. The second-order valence-corrected chi connectivity index (χ2v) is 7.95. The number of carbonyl (C=O) groups is 1. The van der Waals surface area contributed by atoms with Crippen molar-refractivity contribution in [3.05, 3.63) is 77.8 Å². The summed E-state index contributed by atoms with van der Waals surface area (Å²) in [4.78, 5) is 22.5. The number of carbonyl (C=O) groups excluding carboxylic acids is 1. The van der Waals surface area contributed by atoms with E-state index >= 15 is 4.39 Å². The summed E-state index contributed by atoms with van der Waals surface area (Å²) >= 11 is 0. The lowest BCUT2D eigenvalue weighted by atomic mass is 9.91. The summed E-state index contributed by atoms with van der Waals surface area (Å²) in [5, 5.41) is 5.21. The number of aryl methyl sites for hydroxylation is 1. The van der Waals surface area contributed by atoms with Gasteiger partial charge < -0.3 is 14.6 Å². The Hall–Kier alpha value is -3.68. The lowest BCUT2D eigenvalue weighted by Crippen LogP contribution is -2.41. The zero-order chi connectivity index (χ0) is 22.1. The van der Waals surface area contributed by atoms with Gasteiger partial charge in [0.1, 0.15) is 30.3 Å². The molecule has 32 heavy (non-hydrogen) atoms. The summed E-state index contributed by atoms with van der Waals surface area (Å²) in [5.41, 5.74) is 3.48. The van der Waals surface area contributed by atoms with Gasteiger partial charge in [0, 0.05) is 47.7 Å². The van der Waals surface area contributed by atoms with E-state index in [2.05, 4.69) is 21.1 Å². The molecule has 1 aliphatic heterocycles. The van der Waals surface area contributed by atoms with Crippen molar-refractivity contribution in [3.8, 4) is 5.75 Å². The number of amides is 1. The smallest absolute Gasteiger partial charge is 0.223 e. The Bertz CT molecular complexity index is 1250. The van der Waals surface area contributed by atoms with E-state index in [4.69, 9.17) is 4.74 Å². The molecule has 1 amide bonds. The predicted octanol–water partition coefficient (Wildman–Crippen LogP) is 3.86. The van der Waals surface area contributed by atoms with Crippen LogP contribution < -0.4 is 4.74 Å². The number of ether oxygens (including phenoxy) is 1. The Morgan fingerprint density at radius 3 is 2.94 bits per heavy atom. The van der Waals surface area contributed by atoms with Gasteiger partial charge in [-0.1, -0.05) is 18.2 Å². The van der Waals surface area contributed by atoms with Crippen LogP contribution in [0.4, 0.5) is 4.39 Å². The molecule has 0 radical (unpaired) electrons. The second-order valence-electron chi connectivity index (χ2n) is 7.95. The van der Waals surface area contributed by atoms with Crippen LogP contribution in [0.5, 0.6) is 5.75 Å². The monoisotopic (exact) mass is 433 g/mol. The molecule has 1 atom stereocenters. The average molecular weight is 433 g/mol. The lowest BCUT2D eigenvalue weighted by Gasteiger charge is -2.36. The topological polar surface area (TPSA) is 76.0 Å². The molecular formula is C24H24FN5O2. The molecule has 1 unspecified atom stereocenters. The number of H-pyrrole nitrogens is 1. The van der Waals surface area contributed by atoms with Crippen LogP contribution in [0.1, 0.15) is 35.7 Å². The molecule has 0 bridgehead atoms. The number of hydrogen-bond donors (Lipinski definition) is 1. The van der Waals surface area contributed by atoms with E-state index in [0.29, 0.717) is 37.2 Å². The van der Waals surface area contributed by atoms with Gasteiger partial charge in [0.05, 0.1) is 7.11 Å². The highest BCUT2D eigenvalue weighted by atomic mass is 19.1. The molecule has 0 aliphatic carbocycles. The Balaban J connectivity index is 1.50. The summed E-state index contributed by atoms with van der Waals surface area (Å²) in [6, 6.07) is 12.4. The summed E-state index contributed by atoms with van der Waals surface area (Å²) in [5.74, 6) is 0.0561. The molecule has 4 aromatic rings. The van der Waals surface area contributed by atoms with Crippen LogP contribution in [-0.2, 0) is 17.8 Å². The van der Waals surface area contributed by atoms with Gasteiger partial charge in [-0.05, 0) is 36.6 Å². The molecule has 2 aromatic heterocycles. The fourth-order valence-electron chi connectivity index (χ4n) is 4.57. The first kappa shape index (κ1) is 20.2. The van der Waals surface area contributed by atoms with Crippen molar-refractivity contribution in [2.75, 3.05) is 13.7 Å². The van der Waals surface area contributed by atoms with Crippen molar-refractivity contribution >= 4 is 16.8 Å². The number of methoxy groups -OCH3 is 1. The molecule has 7 nitrogen and oxygen atoms in total. The molecule has 0 fully saturated rings. The average Bonchev–Trinajstić information content (AvgIpc) is 3.46. The minimum atomic E-state index is -0.518. The van der Waals surface area contributed by atoms with Crippen LogP contribution in [0.2, 0.25) is 0 Å². The highest BCUT2D eigenvalue weighted by Gasteiger charge is 2.35. The Morgan fingerprint density at radius 1 is 1.28 bits per heavy atom. The Morgan fingerprint density at radius 2 is 2.16 bits per heavy atom. The largest absolute Gasteiger partial charge is 0.497 e. The van der Waals surface area contributed by atoms with Crippen LogP contribution in [0.15, 0.2) is 55.1 Å². The molecule has 8 heteroatoms. The minimum Gasteiger partial charge on any atom is -0.497 e. The third-order valence-electron chi connectivity index (χ3n) is 6.10. The molecule has 0 saturated carbocycles. The molecule has 164 valence electrons. The van der Waals surface area contributed by atoms with Crippen molar-refractivity contribution in [2.45, 2.75) is 31.8 Å². The van der Waals surface area contributed by atoms with Gasteiger partial charge in [0.15, 0.2) is 0 Å². The number of nitrogens with one attached hydrogen (secondary N) is 1. The maximum atomic E-state index is 15.2. The normalized spacial score (nSPS) is 15.7. The molecule has 0 saturated heterocycles. The van der Waals surface area contributed by atoms with E-state index in [1.807, 2.05) is 18.2 Å². The first-order chi connectivity index (χ1) is 15.7. The molecule has 0 spiro atoms. The van der Waals surface area contributed by atoms with Crippen LogP contribution in [0.25, 0.3) is 10.9 Å². The van der Waals surface area contributed by atoms with Crippen LogP contribution >= 0.6 is 0 Å². The Kier molecular flexibility index (Phi) is 5.34. The minimum absolute atomic E-state index is 0.00496. The highest BCUT2D eigenvalue weighted by molar-refractivity contribution is 5.86. The SMILES string of the molecule is COc1ccc(C2c3[nH]c4ccccc4c3CCN2C(=O)CCCn2cncn2)c(F)c1. The van der Waals surface area contributed by atoms with E-state index in [-0.39, 0.29) is 11.7 Å². The summed E-state index contributed by atoms with van der Waals surface area (Å²) in [6.45, 7) is 1.14. The van der Waals surface area contributed by atoms with Crippen molar-refractivity contribution in [2.24, 2.45) is 0 Å². The zero-order valence-electron chi connectivity index (χ0n) is 17.8. The fourth-order valence-corrected chi connectivity index (χ4v) is 4.57. The second kappa shape index (κ2) is 8.45. The molecule has 1 aliphatic rings. The van der Waals surface area contributed by atoms with Gasteiger partial charge in [-0.3, -0.25) is 9.48 Å². The predicted molar refractivity (Wildman–Crippen MR) is 118 cm³/mol. The molecule has 5 rings (SSSR count).